The van der Waals surface area contributed by atoms with Gasteiger partial charge >= 0.3 is 5.63 Å². The maximum absolute atomic E-state index is 11.6. The Morgan fingerprint density at radius 2 is 1.95 bits per heavy atom. The lowest BCUT2D eigenvalue weighted by Crippen LogP contribution is -2.23. The van der Waals surface area contributed by atoms with Crippen LogP contribution >= 0.6 is 0 Å². The van der Waals surface area contributed by atoms with E-state index in [9.17, 15) is 9.90 Å². The van der Waals surface area contributed by atoms with Crippen molar-refractivity contribution in [3.05, 3.63) is 28.6 Å². The van der Waals surface area contributed by atoms with Crippen molar-refractivity contribution in [3.63, 3.8) is 0 Å². The van der Waals surface area contributed by atoms with Crippen LogP contribution in [0.5, 0.6) is 17.2 Å². The molecule has 102 valence electrons. The van der Waals surface area contributed by atoms with Crippen LogP contribution in [0.2, 0.25) is 0 Å². The van der Waals surface area contributed by atoms with E-state index < -0.39 is 17.0 Å². The number of para-hydroxylation sites is 1. The van der Waals surface area contributed by atoms with Gasteiger partial charge in [0.1, 0.15) is 5.60 Å². The van der Waals surface area contributed by atoms with Crippen LogP contribution in [0.25, 0.3) is 11.0 Å². The molecule has 0 aliphatic heterocycles. The largest absolute Gasteiger partial charge is 0.499 e. The first-order valence-corrected chi connectivity index (χ1v) is 5.85. The maximum atomic E-state index is 11.6. The molecule has 0 unspecified atom stereocenters. The zero-order valence-electron chi connectivity index (χ0n) is 11.3. The smallest absolute Gasteiger partial charge is 0.382 e. The van der Waals surface area contributed by atoms with Crippen molar-refractivity contribution in [1.29, 1.82) is 0 Å². The van der Waals surface area contributed by atoms with Gasteiger partial charge in [-0.3, -0.25) is 0 Å². The second-order valence-corrected chi connectivity index (χ2v) is 5.12. The lowest BCUT2D eigenvalue weighted by Gasteiger charge is -2.21. The highest BCUT2D eigenvalue weighted by Gasteiger charge is 2.20. The van der Waals surface area contributed by atoms with Crippen molar-refractivity contribution in [2.24, 2.45) is 0 Å². The third kappa shape index (κ3) is 2.50. The fraction of sp³-hybridized carbons (Fsp3) is 0.357. The topological polar surface area (TPSA) is 68.9 Å². The Morgan fingerprint density at radius 3 is 2.53 bits per heavy atom. The summed E-state index contributed by atoms with van der Waals surface area (Å²) in [5.41, 5.74) is -1.02. The zero-order chi connectivity index (χ0) is 14.2. The number of benzene rings is 1. The third-order valence-electron chi connectivity index (χ3n) is 2.45. The van der Waals surface area contributed by atoms with Crippen LogP contribution < -0.4 is 15.1 Å². The molecule has 1 heterocycles. The lowest BCUT2D eigenvalue weighted by molar-refractivity contribution is 0.131. The Bertz CT molecular complexity index is 664. The van der Waals surface area contributed by atoms with Gasteiger partial charge in [0.05, 0.1) is 12.5 Å². The maximum Gasteiger partial charge on any atom is 0.382 e. The molecule has 0 atom stereocenters. The predicted molar refractivity (Wildman–Crippen MR) is 71.1 cm³/mol. The van der Waals surface area contributed by atoms with Crippen molar-refractivity contribution in [2.45, 2.75) is 26.4 Å². The van der Waals surface area contributed by atoms with Crippen LogP contribution in [0.1, 0.15) is 20.8 Å². The SMILES string of the molecule is COc1c(O)c(=O)oc2c(OC(C)(C)C)cccc12. The van der Waals surface area contributed by atoms with Crippen molar-refractivity contribution in [1.82, 2.24) is 0 Å². The first-order chi connectivity index (χ1) is 8.83. The summed E-state index contributed by atoms with van der Waals surface area (Å²) in [5, 5.41) is 10.1. The molecule has 5 heteroatoms. The fourth-order valence-electron chi connectivity index (χ4n) is 1.78. The average molecular weight is 264 g/mol. The van der Waals surface area contributed by atoms with Gasteiger partial charge in [-0.2, -0.15) is 0 Å². The van der Waals surface area contributed by atoms with Gasteiger partial charge in [-0.05, 0) is 32.9 Å². The van der Waals surface area contributed by atoms with Crippen LogP contribution in [0.4, 0.5) is 0 Å². The molecule has 1 aromatic heterocycles. The number of aromatic hydroxyl groups is 1. The molecular formula is C14H16O5. The average Bonchev–Trinajstić information content (AvgIpc) is 2.30. The van der Waals surface area contributed by atoms with Gasteiger partial charge in [0, 0.05) is 0 Å². The van der Waals surface area contributed by atoms with Gasteiger partial charge < -0.3 is 19.0 Å². The standard InChI is InChI=1S/C14H16O5/c1-14(2,3)19-9-7-5-6-8-11(9)18-13(16)10(15)12(8)17-4/h5-7,15H,1-4H3. The summed E-state index contributed by atoms with van der Waals surface area (Å²) in [4.78, 5) is 11.6. The van der Waals surface area contributed by atoms with Crippen molar-refractivity contribution < 1.29 is 19.0 Å². The lowest BCUT2D eigenvalue weighted by atomic mass is 10.1. The quantitative estimate of drug-likeness (QED) is 0.844. The van der Waals surface area contributed by atoms with E-state index in [2.05, 4.69) is 0 Å². The Kier molecular flexibility index (Phi) is 3.14. The molecule has 2 rings (SSSR count). The normalized spacial score (nSPS) is 11.6. The van der Waals surface area contributed by atoms with Crippen LogP contribution in [0, 0.1) is 0 Å². The predicted octanol–water partition coefficient (Wildman–Crippen LogP) is 2.68. The van der Waals surface area contributed by atoms with Crippen molar-refractivity contribution in [3.8, 4) is 17.2 Å². The van der Waals surface area contributed by atoms with Gasteiger partial charge in [-0.1, -0.05) is 6.07 Å². The molecule has 0 amide bonds. The van der Waals surface area contributed by atoms with Crippen molar-refractivity contribution in [2.75, 3.05) is 7.11 Å². The summed E-state index contributed by atoms with van der Waals surface area (Å²) in [6, 6.07) is 5.13. The Labute approximate surface area is 110 Å². The Hall–Kier alpha value is -2.17. The highest BCUT2D eigenvalue weighted by Crippen LogP contribution is 2.36. The number of hydrogen-bond donors (Lipinski definition) is 1. The van der Waals surface area contributed by atoms with Crippen LogP contribution in [-0.2, 0) is 0 Å². The van der Waals surface area contributed by atoms with Crippen LogP contribution in [0.3, 0.4) is 0 Å². The van der Waals surface area contributed by atoms with E-state index in [-0.39, 0.29) is 11.3 Å². The van der Waals surface area contributed by atoms with E-state index in [0.717, 1.165) is 0 Å². The van der Waals surface area contributed by atoms with Gasteiger partial charge in [-0.25, -0.2) is 4.79 Å². The Balaban J connectivity index is 2.76. The fourth-order valence-corrected chi connectivity index (χ4v) is 1.78. The third-order valence-corrected chi connectivity index (χ3v) is 2.45. The summed E-state index contributed by atoms with van der Waals surface area (Å²) >= 11 is 0. The van der Waals surface area contributed by atoms with E-state index in [4.69, 9.17) is 13.9 Å². The van der Waals surface area contributed by atoms with E-state index in [1.807, 2.05) is 20.8 Å². The van der Waals surface area contributed by atoms with Gasteiger partial charge in [0.15, 0.2) is 17.1 Å². The second kappa shape index (κ2) is 4.50. The molecule has 1 aromatic carbocycles. The van der Waals surface area contributed by atoms with E-state index in [0.29, 0.717) is 11.1 Å². The van der Waals surface area contributed by atoms with Crippen LogP contribution in [0.15, 0.2) is 27.4 Å². The number of hydrogen-bond acceptors (Lipinski definition) is 5. The minimum Gasteiger partial charge on any atom is -0.499 e. The summed E-state index contributed by atoms with van der Waals surface area (Å²) < 4.78 is 15.9. The number of fused-ring (bicyclic) bond motifs is 1. The summed E-state index contributed by atoms with van der Waals surface area (Å²) in [7, 11) is 1.38. The number of methoxy groups -OCH3 is 1. The first kappa shape index (κ1) is 13.3. The number of rotatable bonds is 2. The highest BCUT2D eigenvalue weighted by molar-refractivity contribution is 5.89. The summed E-state index contributed by atoms with van der Waals surface area (Å²) in [6.07, 6.45) is 0. The molecule has 0 radical (unpaired) electrons. The van der Waals surface area contributed by atoms with E-state index in [1.165, 1.54) is 7.11 Å². The molecule has 2 aromatic rings. The molecule has 19 heavy (non-hydrogen) atoms. The Morgan fingerprint density at radius 1 is 1.26 bits per heavy atom. The molecule has 0 spiro atoms. The molecule has 0 aliphatic carbocycles. The molecule has 0 saturated heterocycles. The summed E-state index contributed by atoms with van der Waals surface area (Å²) in [6.45, 7) is 5.67. The van der Waals surface area contributed by atoms with Crippen molar-refractivity contribution >= 4 is 11.0 Å². The molecule has 0 saturated carbocycles. The van der Waals surface area contributed by atoms with Gasteiger partial charge in [-0.15, -0.1) is 0 Å². The summed E-state index contributed by atoms with van der Waals surface area (Å²) in [5.74, 6) is -0.0195. The number of ether oxygens (including phenoxy) is 2. The molecular weight excluding hydrogens is 248 g/mol. The van der Waals surface area contributed by atoms with Gasteiger partial charge in [0.25, 0.3) is 0 Å². The van der Waals surface area contributed by atoms with E-state index in [1.54, 1.807) is 18.2 Å². The monoisotopic (exact) mass is 264 g/mol. The molecule has 1 N–H and O–H groups in total. The minimum absolute atomic E-state index is 0.0885. The first-order valence-electron chi connectivity index (χ1n) is 5.85. The molecule has 0 bridgehead atoms. The van der Waals surface area contributed by atoms with Crippen LogP contribution in [-0.4, -0.2) is 17.8 Å². The zero-order valence-corrected chi connectivity index (χ0v) is 11.3. The highest BCUT2D eigenvalue weighted by atomic mass is 16.5. The minimum atomic E-state index is -0.852. The van der Waals surface area contributed by atoms with E-state index >= 15 is 0 Å². The molecule has 5 nitrogen and oxygen atoms in total. The van der Waals surface area contributed by atoms with Gasteiger partial charge in [0.2, 0.25) is 5.75 Å². The molecule has 0 aliphatic rings. The molecule has 0 fully saturated rings. The second-order valence-electron chi connectivity index (χ2n) is 5.12.